The number of carbonyl (C=O) groups excluding carboxylic acids is 1. The molecule has 0 bridgehead atoms. The van der Waals surface area contributed by atoms with Crippen LogP contribution in [0, 0.1) is 0 Å². The molecule has 1 fully saturated rings. The van der Waals surface area contributed by atoms with E-state index in [0.717, 1.165) is 5.01 Å². The Labute approximate surface area is 151 Å². The number of carbonyl (C=O) groups is 1. The number of amides is 1. The van der Waals surface area contributed by atoms with Crippen molar-refractivity contribution >= 4 is 28.8 Å². The molecule has 0 unspecified atom stereocenters. The fourth-order valence-corrected chi connectivity index (χ4v) is 3.84. The molecule has 0 aliphatic heterocycles. The minimum absolute atomic E-state index is 0.0114. The third-order valence-corrected chi connectivity index (χ3v) is 5.33. The summed E-state index contributed by atoms with van der Waals surface area (Å²) < 4.78 is 5.42. The maximum absolute atomic E-state index is 11.9. The molecule has 1 aliphatic carbocycles. The monoisotopic (exact) mass is 364 g/mol. The van der Waals surface area contributed by atoms with Gasteiger partial charge < -0.3 is 10.1 Å². The number of aromatic nitrogens is 1. The van der Waals surface area contributed by atoms with E-state index < -0.39 is 0 Å². The van der Waals surface area contributed by atoms with Gasteiger partial charge >= 0.3 is 0 Å². The average molecular weight is 365 g/mol. The van der Waals surface area contributed by atoms with E-state index in [1.54, 1.807) is 35.6 Å². The normalized spacial score (nSPS) is 15.2. The molecular weight excluding hydrogens is 344 g/mol. The molecule has 0 saturated heterocycles. The summed E-state index contributed by atoms with van der Waals surface area (Å²) in [6, 6.07) is 6.95. The Kier molecular flexibility index (Phi) is 6.10. The van der Waals surface area contributed by atoms with Crippen LogP contribution >= 0.6 is 22.9 Å². The van der Waals surface area contributed by atoms with Gasteiger partial charge in [-0.1, -0.05) is 30.9 Å². The molecule has 24 heavy (non-hydrogen) atoms. The summed E-state index contributed by atoms with van der Waals surface area (Å²) in [5.41, 5.74) is 1.20. The quantitative estimate of drug-likeness (QED) is 0.818. The molecule has 1 aliphatic rings. The Hall–Kier alpha value is -1.59. The minimum atomic E-state index is -0.153. The van der Waals surface area contributed by atoms with E-state index in [2.05, 4.69) is 15.7 Å². The first-order valence-electron chi connectivity index (χ1n) is 8.30. The molecule has 1 aromatic heterocycles. The molecule has 2 aromatic rings. The highest BCUT2D eigenvalue weighted by Crippen LogP contribution is 2.32. The van der Waals surface area contributed by atoms with Crippen LogP contribution in [-0.4, -0.2) is 17.5 Å². The Morgan fingerprint density at radius 3 is 2.75 bits per heavy atom. The van der Waals surface area contributed by atoms with Crippen molar-refractivity contribution < 1.29 is 9.53 Å². The summed E-state index contributed by atoms with van der Waals surface area (Å²) >= 11 is 7.43. The van der Waals surface area contributed by atoms with Crippen LogP contribution in [0.1, 0.15) is 48.7 Å². The van der Waals surface area contributed by atoms with Crippen LogP contribution in [0.2, 0.25) is 5.02 Å². The second kappa shape index (κ2) is 8.49. The predicted octanol–water partition coefficient (Wildman–Crippen LogP) is 4.54. The Morgan fingerprint density at radius 2 is 2.00 bits per heavy atom. The van der Waals surface area contributed by atoms with Gasteiger partial charge in [-0.2, -0.15) is 0 Å². The molecule has 1 amide bonds. The average Bonchev–Trinajstić information content (AvgIpc) is 3.09. The first kappa shape index (κ1) is 17.2. The SMILES string of the molecule is O=C(COc1ccc(Cl)cc1)NCc1nc(C2CCCCC2)cs1. The molecule has 1 aromatic carbocycles. The summed E-state index contributed by atoms with van der Waals surface area (Å²) in [4.78, 5) is 16.6. The van der Waals surface area contributed by atoms with Crippen LogP contribution in [0.15, 0.2) is 29.6 Å². The molecule has 0 atom stereocenters. The number of nitrogens with zero attached hydrogens (tertiary/aromatic N) is 1. The minimum Gasteiger partial charge on any atom is -0.484 e. The summed E-state index contributed by atoms with van der Waals surface area (Å²) in [7, 11) is 0. The van der Waals surface area contributed by atoms with E-state index >= 15 is 0 Å². The highest BCUT2D eigenvalue weighted by Gasteiger charge is 2.18. The number of hydrogen-bond donors (Lipinski definition) is 1. The maximum atomic E-state index is 11.9. The second-order valence-electron chi connectivity index (χ2n) is 6.02. The van der Waals surface area contributed by atoms with E-state index in [1.165, 1.54) is 37.8 Å². The number of nitrogens with one attached hydrogen (secondary N) is 1. The lowest BCUT2D eigenvalue weighted by Crippen LogP contribution is -2.28. The molecule has 1 saturated carbocycles. The third kappa shape index (κ3) is 4.95. The fourth-order valence-electron chi connectivity index (χ4n) is 2.90. The zero-order valence-electron chi connectivity index (χ0n) is 13.5. The van der Waals surface area contributed by atoms with Crippen LogP contribution in [0.4, 0.5) is 0 Å². The van der Waals surface area contributed by atoms with Crippen molar-refractivity contribution in [2.45, 2.75) is 44.6 Å². The van der Waals surface area contributed by atoms with Crippen LogP contribution in [-0.2, 0) is 11.3 Å². The summed E-state index contributed by atoms with van der Waals surface area (Å²) in [5.74, 6) is 1.08. The van der Waals surface area contributed by atoms with Gasteiger partial charge in [0.15, 0.2) is 6.61 Å². The van der Waals surface area contributed by atoms with Crippen LogP contribution in [0.25, 0.3) is 0 Å². The maximum Gasteiger partial charge on any atom is 0.258 e. The van der Waals surface area contributed by atoms with E-state index in [-0.39, 0.29) is 12.5 Å². The molecule has 1 N–H and O–H groups in total. The lowest BCUT2D eigenvalue weighted by Gasteiger charge is -2.19. The summed E-state index contributed by atoms with van der Waals surface area (Å²) in [6.45, 7) is 0.447. The van der Waals surface area contributed by atoms with Gasteiger partial charge in [-0.05, 0) is 37.1 Å². The van der Waals surface area contributed by atoms with Crippen molar-refractivity contribution in [2.75, 3.05) is 6.61 Å². The van der Waals surface area contributed by atoms with Crippen molar-refractivity contribution in [1.29, 1.82) is 0 Å². The Bertz CT molecular complexity index is 666. The van der Waals surface area contributed by atoms with Crippen LogP contribution in [0.5, 0.6) is 5.75 Å². The van der Waals surface area contributed by atoms with Gasteiger partial charge in [0, 0.05) is 16.3 Å². The second-order valence-corrected chi connectivity index (χ2v) is 7.40. The number of thiazole rings is 1. The number of rotatable bonds is 6. The first-order valence-corrected chi connectivity index (χ1v) is 9.56. The van der Waals surface area contributed by atoms with Crippen molar-refractivity contribution in [1.82, 2.24) is 10.3 Å². The lowest BCUT2D eigenvalue weighted by molar-refractivity contribution is -0.123. The molecule has 0 spiro atoms. The topological polar surface area (TPSA) is 51.2 Å². The van der Waals surface area contributed by atoms with E-state index in [9.17, 15) is 4.79 Å². The summed E-state index contributed by atoms with van der Waals surface area (Å²) in [5, 5.41) is 6.59. The standard InChI is InChI=1S/C18H21ClN2O2S/c19-14-6-8-15(9-7-14)23-11-17(22)20-10-18-21-16(12-24-18)13-4-2-1-3-5-13/h6-9,12-13H,1-5,10-11H2,(H,20,22). The zero-order valence-corrected chi connectivity index (χ0v) is 15.0. The zero-order chi connectivity index (χ0) is 16.8. The molecule has 128 valence electrons. The van der Waals surface area contributed by atoms with Crippen molar-refractivity contribution in [3.63, 3.8) is 0 Å². The molecule has 6 heteroatoms. The van der Waals surface area contributed by atoms with E-state index in [0.29, 0.717) is 23.2 Å². The Morgan fingerprint density at radius 1 is 1.25 bits per heavy atom. The van der Waals surface area contributed by atoms with Crippen LogP contribution in [0.3, 0.4) is 0 Å². The van der Waals surface area contributed by atoms with Gasteiger partial charge in [-0.3, -0.25) is 4.79 Å². The molecule has 0 radical (unpaired) electrons. The van der Waals surface area contributed by atoms with Gasteiger partial charge in [-0.25, -0.2) is 4.98 Å². The number of halogens is 1. The smallest absolute Gasteiger partial charge is 0.258 e. The van der Waals surface area contributed by atoms with Crippen molar-refractivity contribution in [3.05, 3.63) is 45.4 Å². The molecule has 3 rings (SSSR count). The van der Waals surface area contributed by atoms with Crippen molar-refractivity contribution in [2.24, 2.45) is 0 Å². The van der Waals surface area contributed by atoms with Gasteiger partial charge in [0.1, 0.15) is 10.8 Å². The van der Waals surface area contributed by atoms with Gasteiger partial charge in [0.05, 0.1) is 12.2 Å². The van der Waals surface area contributed by atoms with Crippen molar-refractivity contribution in [3.8, 4) is 5.75 Å². The fraction of sp³-hybridized carbons (Fsp3) is 0.444. The lowest BCUT2D eigenvalue weighted by atomic mass is 9.87. The number of ether oxygens (including phenoxy) is 1. The Balaban J connectivity index is 1.42. The first-order chi connectivity index (χ1) is 11.7. The van der Waals surface area contributed by atoms with Gasteiger partial charge in [0.2, 0.25) is 0 Å². The summed E-state index contributed by atoms with van der Waals surface area (Å²) in [6.07, 6.45) is 6.43. The number of benzene rings is 1. The number of hydrogen-bond acceptors (Lipinski definition) is 4. The molecule has 1 heterocycles. The predicted molar refractivity (Wildman–Crippen MR) is 96.7 cm³/mol. The van der Waals surface area contributed by atoms with E-state index in [1.807, 2.05) is 0 Å². The van der Waals surface area contributed by atoms with Gasteiger partial charge in [-0.15, -0.1) is 11.3 Å². The van der Waals surface area contributed by atoms with Gasteiger partial charge in [0.25, 0.3) is 5.91 Å². The highest BCUT2D eigenvalue weighted by molar-refractivity contribution is 7.09. The van der Waals surface area contributed by atoms with Crippen LogP contribution < -0.4 is 10.1 Å². The largest absolute Gasteiger partial charge is 0.484 e. The molecule has 4 nitrogen and oxygen atoms in total. The van der Waals surface area contributed by atoms with E-state index in [4.69, 9.17) is 16.3 Å². The highest BCUT2D eigenvalue weighted by atomic mass is 35.5. The third-order valence-electron chi connectivity index (χ3n) is 4.21. The molecular formula is C18H21ClN2O2S.